The average molecular weight is 502 g/mol. The molecule has 1 saturated heterocycles. The van der Waals surface area contributed by atoms with E-state index in [0.29, 0.717) is 24.5 Å². The Labute approximate surface area is 176 Å². The maximum absolute atomic E-state index is 13.1. The summed E-state index contributed by atoms with van der Waals surface area (Å²) >= 11 is 0. The third kappa shape index (κ3) is 6.51. The molecule has 1 fully saturated rings. The highest BCUT2D eigenvalue weighted by Gasteiger charge is 2.37. The third-order valence-electron chi connectivity index (χ3n) is 4.62. The largest absolute Gasteiger partial charge is 0.435 e. The Hall–Kier alpha value is -1.04. The van der Waals surface area contributed by atoms with Gasteiger partial charge < -0.3 is 10.6 Å². The number of halogens is 4. The molecule has 2 N–H and O–H groups in total. The van der Waals surface area contributed by atoms with Crippen molar-refractivity contribution in [3.63, 3.8) is 0 Å². The molecule has 2 rings (SSSR count). The number of likely N-dealkylation sites (tertiary alicyclic amines) is 1. The minimum atomic E-state index is -4.48. The highest BCUT2D eigenvalue weighted by molar-refractivity contribution is 14.0. The second-order valence-corrected chi connectivity index (χ2v) is 7.15. The molecule has 0 bridgehead atoms. The van der Waals surface area contributed by atoms with Crippen molar-refractivity contribution < 1.29 is 13.2 Å². The van der Waals surface area contributed by atoms with Crippen molar-refractivity contribution >= 4 is 29.9 Å². The number of aryl methyl sites for hydroxylation is 1. The molecule has 156 valence electrons. The van der Waals surface area contributed by atoms with E-state index >= 15 is 0 Å². The second kappa shape index (κ2) is 9.94. The summed E-state index contributed by atoms with van der Waals surface area (Å²) in [6.45, 7) is 10.9. The number of rotatable bonds is 5. The summed E-state index contributed by atoms with van der Waals surface area (Å²) in [6, 6.07) is 0.680. The maximum Gasteiger partial charge on any atom is 0.435 e. The van der Waals surface area contributed by atoms with E-state index in [9.17, 15) is 13.2 Å². The lowest BCUT2D eigenvalue weighted by atomic mass is 10.1. The highest BCUT2D eigenvalue weighted by atomic mass is 127. The fraction of sp³-hybridized carbons (Fsp3) is 0.765. The molecule has 6 nitrogen and oxygen atoms in total. The molecular formula is C17H30F3IN6. The van der Waals surface area contributed by atoms with Crippen LogP contribution in [0.3, 0.4) is 0 Å². The summed E-state index contributed by atoms with van der Waals surface area (Å²) in [6.07, 6.45) is -3.11. The fourth-order valence-corrected chi connectivity index (χ4v) is 3.17. The minimum absolute atomic E-state index is 0. The number of alkyl halides is 3. The van der Waals surface area contributed by atoms with Gasteiger partial charge in [-0.3, -0.25) is 9.58 Å². The number of nitrogens with one attached hydrogen (secondary N) is 2. The van der Waals surface area contributed by atoms with Crippen LogP contribution >= 0.6 is 24.0 Å². The minimum Gasteiger partial charge on any atom is -0.357 e. The normalized spacial score (nSPS) is 21.4. The van der Waals surface area contributed by atoms with Crippen LogP contribution in [0.1, 0.15) is 39.0 Å². The SMILES string of the molecule is CCNC(=NCc1cn(C)nc1C(F)(F)F)NC1CN(C(C)C)CC1C.I. The van der Waals surface area contributed by atoms with Gasteiger partial charge in [0.25, 0.3) is 0 Å². The molecule has 1 aromatic heterocycles. The molecule has 0 radical (unpaired) electrons. The van der Waals surface area contributed by atoms with Gasteiger partial charge in [0, 0.05) is 50.5 Å². The van der Waals surface area contributed by atoms with Gasteiger partial charge in [-0.2, -0.15) is 18.3 Å². The van der Waals surface area contributed by atoms with E-state index in [0.717, 1.165) is 13.1 Å². The fourth-order valence-electron chi connectivity index (χ4n) is 3.17. The zero-order valence-electron chi connectivity index (χ0n) is 16.5. The van der Waals surface area contributed by atoms with E-state index in [1.807, 2.05) is 6.92 Å². The number of guanidine groups is 1. The average Bonchev–Trinajstić information content (AvgIpc) is 3.08. The van der Waals surface area contributed by atoms with Crippen molar-refractivity contribution in [1.29, 1.82) is 0 Å². The predicted octanol–water partition coefficient (Wildman–Crippen LogP) is 2.84. The molecule has 2 heterocycles. The first-order valence-corrected chi connectivity index (χ1v) is 9.00. The van der Waals surface area contributed by atoms with Crippen LogP contribution in [0, 0.1) is 5.92 Å². The van der Waals surface area contributed by atoms with E-state index in [4.69, 9.17) is 0 Å². The van der Waals surface area contributed by atoms with Crippen molar-refractivity contribution in [3.8, 4) is 0 Å². The zero-order valence-corrected chi connectivity index (χ0v) is 18.8. The molecule has 27 heavy (non-hydrogen) atoms. The summed E-state index contributed by atoms with van der Waals surface area (Å²) in [4.78, 5) is 6.75. The van der Waals surface area contributed by atoms with Gasteiger partial charge in [-0.1, -0.05) is 6.92 Å². The lowest BCUT2D eigenvalue weighted by Crippen LogP contribution is -2.46. The lowest BCUT2D eigenvalue weighted by molar-refractivity contribution is -0.142. The smallest absolute Gasteiger partial charge is 0.357 e. The number of hydrogen-bond donors (Lipinski definition) is 2. The van der Waals surface area contributed by atoms with Gasteiger partial charge in [0.15, 0.2) is 11.7 Å². The van der Waals surface area contributed by atoms with E-state index in [1.54, 1.807) is 0 Å². The van der Waals surface area contributed by atoms with E-state index in [-0.39, 0.29) is 42.1 Å². The van der Waals surface area contributed by atoms with Crippen molar-refractivity contribution in [2.24, 2.45) is 18.0 Å². The van der Waals surface area contributed by atoms with Crippen molar-refractivity contribution in [2.75, 3.05) is 19.6 Å². The highest BCUT2D eigenvalue weighted by Crippen LogP contribution is 2.30. The first kappa shape index (κ1) is 24.0. The first-order valence-electron chi connectivity index (χ1n) is 9.00. The van der Waals surface area contributed by atoms with Crippen LogP contribution in [0.15, 0.2) is 11.2 Å². The summed E-state index contributed by atoms with van der Waals surface area (Å²) < 4.78 is 40.4. The van der Waals surface area contributed by atoms with Gasteiger partial charge in [-0.15, -0.1) is 24.0 Å². The Morgan fingerprint density at radius 1 is 1.37 bits per heavy atom. The van der Waals surface area contributed by atoms with Crippen LogP contribution in [0.2, 0.25) is 0 Å². The van der Waals surface area contributed by atoms with Crippen LogP contribution < -0.4 is 10.6 Å². The van der Waals surface area contributed by atoms with Crippen molar-refractivity contribution in [2.45, 2.75) is 52.5 Å². The molecule has 2 unspecified atom stereocenters. The monoisotopic (exact) mass is 502 g/mol. The van der Waals surface area contributed by atoms with Crippen LogP contribution in [-0.4, -0.2) is 52.4 Å². The number of aliphatic imine (C=N–C) groups is 1. The second-order valence-electron chi connectivity index (χ2n) is 7.15. The van der Waals surface area contributed by atoms with Gasteiger partial charge in [0.2, 0.25) is 0 Å². The molecule has 1 aromatic rings. The molecule has 0 aromatic carbocycles. The van der Waals surface area contributed by atoms with E-state index in [1.165, 1.54) is 17.9 Å². The van der Waals surface area contributed by atoms with Crippen molar-refractivity contribution in [3.05, 3.63) is 17.5 Å². The Kier molecular flexibility index (Phi) is 8.84. The number of aromatic nitrogens is 2. The number of nitrogens with zero attached hydrogens (tertiary/aromatic N) is 4. The lowest BCUT2D eigenvalue weighted by Gasteiger charge is -2.22. The maximum atomic E-state index is 13.1. The zero-order chi connectivity index (χ0) is 19.5. The summed E-state index contributed by atoms with van der Waals surface area (Å²) in [5.74, 6) is 0.970. The topological polar surface area (TPSA) is 57.5 Å². The van der Waals surface area contributed by atoms with Gasteiger partial charge in [0.1, 0.15) is 0 Å². The number of hydrogen-bond acceptors (Lipinski definition) is 3. The Bertz CT molecular complexity index is 629. The van der Waals surface area contributed by atoms with E-state index < -0.39 is 11.9 Å². The summed E-state index contributed by atoms with van der Waals surface area (Å²) in [5.41, 5.74) is -0.805. The van der Waals surface area contributed by atoms with Gasteiger partial charge in [-0.05, 0) is 26.7 Å². The van der Waals surface area contributed by atoms with Crippen LogP contribution in [-0.2, 0) is 19.8 Å². The first-order chi connectivity index (χ1) is 12.1. The van der Waals surface area contributed by atoms with Gasteiger partial charge in [0.05, 0.1) is 6.54 Å². The molecule has 1 aliphatic heterocycles. The molecule has 0 aliphatic carbocycles. The standard InChI is InChI=1S/C17H29F3N6.HI/c1-6-21-16(23-14-10-26(11(2)3)8-12(14)4)22-7-13-9-25(5)24-15(13)17(18,19)20;/h9,11-12,14H,6-8,10H2,1-5H3,(H2,21,22,23);1H. The molecule has 0 spiro atoms. The van der Waals surface area contributed by atoms with Crippen LogP contribution in [0.5, 0.6) is 0 Å². The molecule has 2 atom stereocenters. The van der Waals surface area contributed by atoms with Crippen LogP contribution in [0.4, 0.5) is 13.2 Å². The Morgan fingerprint density at radius 2 is 2.04 bits per heavy atom. The summed E-state index contributed by atoms with van der Waals surface area (Å²) in [5, 5.41) is 10.0. The molecule has 0 saturated carbocycles. The third-order valence-corrected chi connectivity index (χ3v) is 4.62. The quantitative estimate of drug-likeness (QED) is 0.370. The molecule has 1 aliphatic rings. The van der Waals surface area contributed by atoms with Crippen LogP contribution in [0.25, 0.3) is 0 Å². The van der Waals surface area contributed by atoms with Gasteiger partial charge >= 0.3 is 6.18 Å². The molecule has 10 heteroatoms. The Balaban J connectivity index is 0.00000364. The summed E-state index contributed by atoms with van der Waals surface area (Å²) in [7, 11) is 1.48. The molecular weight excluding hydrogens is 472 g/mol. The van der Waals surface area contributed by atoms with E-state index in [2.05, 4.69) is 46.4 Å². The Morgan fingerprint density at radius 3 is 2.56 bits per heavy atom. The van der Waals surface area contributed by atoms with Crippen molar-refractivity contribution in [1.82, 2.24) is 25.3 Å². The molecule has 0 amide bonds. The van der Waals surface area contributed by atoms with Gasteiger partial charge in [-0.25, -0.2) is 4.99 Å². The predicted molar refractivity (Wildman–Crippen MR) is 111 cm³/mol.